The van der Waals surface area contributed by atoms with E-state index in [9.17, 15) is 4.79 Å². The maximum absolute atomic E-state index is 12.0. The monoisotopic (exact) mass is 364 g/mol. The van der Waals surface area contributed by atoms with E-state index in [1.807, 2.05) is 36.4 Å². The van der Waals surface area contributed by atoms with Gasteiger partial charge in [-0.2, -0.15) is 5.10 Å². The Bertz CT molecular complexity index is 932. The number of nitrogens with one attached hydrogen (secondary N) is 1. The second-order valence-corrected chi connectivity index (χ2v) is 5.77. The molecule has 1 amide bonds. The van der Waals surface area contributed by atoms with Gasteiger partial charge in [-0.25, -0.2) is 5.43 Å². The number of hydrogen-bond donors (Lipinski definition) is 1. The lowest BCUT2D eigenvalue weighted by Gasteiger charge is -2.11. The van der Waals surface area contributed by atoms with Crippen molar-refractivity contribution in [3.63, 3.8) is 0 Å². The van der Waals surface area contributed by atoms with Crippen LogP contribution in [0.1, 0.15) is 27.2 Å². The molecule has 1 heterocycles. The van der Waals surface area contributed by atoms with Crippen molar-refractivity contribution in [1.29, 1.82) is 0 Å². The summed E-state index contributed by atoms with van der Waals surface area (Å²) in [6.45, 7) is 2.15. The van der Waals surface area contributed by atoms with Gasteiger partial charge in [0.25, 0.3) is 5.91 Å². The second kappa shape index (κ2) is 8.71. The Kier molecular flexibility index (Phi) is 5.89. The van der Waals surface area contributed by atoms with Crippen LogP contribution in [0.5, 0.6) is 11.5 Å². The van der Waals surface area contributed by atoms with E-state index in [1.54, 1.807) is 38.4 Å². The molecule has 6 nitrogen and oxygen atoms in total. The molecule has 0 saturated carbocycles. The van der Waals surface area contributed by atoms with Gasteiger partial charge in [0.1, 0.15) is 12.4 Å². The molecule has 0 unspecified atom stereocenters. The fraction of sp³-hybridized carbons (Fsp3) is 0.143. The van der Waals surface area contributed by atoms with Gasteiger partial charge < -0.3 is 13.9 Å². The summed E-state index contributed by atoms with van der Waals surface area (Å²) in [5.74, 6) is 1.44. The van der Waals surface area contributed by atoms with Crippen molar-refractivity contribution in [3.8, 4) is 11.5 Å². The average Bonchev–Trinajstić information content (AvgIpc) is 3.13. The van der Waals surface area contributed by atoms with Gasteiger partial charge >= 0.3 is 0 Å². The highest BCUT2D eigenvalue weighted by Gasteiger charge is 2.10. The van der Waals surface area contributed by atoms with E-state index >= 15 is 0 Å². The molecule has 3 rings (SSSR count). The van der Waals surface area contributed by atoms with Crippen molar-refractivity contribution < 1.29 is 18.7 Å². The third-order valence-corrected chi connectivity index (χ3v) is 3.91. The Morgan fingerprint density at radius 3 is 2.67 bits per heavy atom. The van der Waals surface area contributed by atoms with Crippen molar-refractivity contribution in [2.24, 2.45) is 5.10 Å². The number of carbonyl (C=O) groups excluding carboxylic acids is 1. The molecule has 0 aliphatic carbocycles. The van der Waals surface area contributed by atoms with Crippen molar-refractivity contribution in [1.82, 2.24) is 5.43 Å². The van der Waals surface area contributed by atoms with Gasteiger partial charge in [-0.15, -0.1) is 0 Å². The van der Waals surface area contributed by atoms with Crippen LogP contribution in [0.2, 0.25) is 0 Å². The Labute approximate surface area is 157 Å². The maximum atomic E-state index is 12.0. The maximum Gasteiger partial charge on any atom is 0.274 e. The predicted molar refractivity (Wildman–Crippen MR) is 102 cm³/mol. The van der Waals surface area contributed by atoms with Gasteiger partial charge in [0.15, 0.2) is 11.5 Å². The summed E-state index contributed by atoms with van der Waals surface area (Å²) in [4.78, 5) is 12.0. The van der Waals surface area contributed by atoms with Crippen LogP contribution in [0.25, 0.3) is 0 Å². The SMILES string of the molecule is COc1ccc(/C=N\NC(=O)c2ccoc2C)cc1OCc1ccccc1. The largest absolute Gasteiger partial charge is 0.493 e. The number of rotatable bonds is 7. The van der Waals surface area contributed by atoms with Gasteiger partial charge in [-0.3, -0.25) is 4.79 Å². The minimum atomic E-state index is -0.327. The Morgan fingerprint density at radius 2 is 1.96 bits per heavy atom. The first-order chi connectivity index (χ1) is 13.2. The summed E-state index contributed by atoms with van der Waals surface area (Å²) < 4.78 is 16.3. The van der Waals surface area contributed by atoms with E-state index in [0.717, 1.165) is 11.1 Å². The fourth-order valence-electron chi connectivity index (χ4n) is 2.47. The molecule has 0 radical (unpaired) electrons. The molecular formula is C21H20N2O4. The van der Waals surface area contributed by atoms with E-state index in [1.165, 1.54) is 6.26 Å². The number of nitrogens with zero attached hydrogens (tertiary/aromatic N) is 1. The first kappa shape index (κ1) is 18.3. The summed E-state index contributed by atoms with van der Waals surface area (Å²) >= 11 is 0. The molecule has 3 aromatic rings. The van der Waals surface area contributed by atoms with Crippen LogP contribution < -0.4 is 14.9 Å². The van der Waals surface area contributed by atoms with Gasteiger partial charge in [-0.05, 0) is 42.3 Å². The van der Waals surface area contributed by atoms with Gasteiger partial charge in [-0.1, -0.05) is 30.3 Å². The third-order valence-electron chi connectivity index (χ3n) is 3.91. The number of furan rings is 1. The number of hydrazone groups is 1. The lowest BCUT2D eigenvalue weighted by atomic mass is 10.2. The van der Waals surface area contributed by atoms with Gasteiger partial charge in [0.05, 0.1) is 25.2 Å². The zero-order valence-corrected chi connectivity index (χ0v) is 15.1. The first-order valence-corrected chi connectivity index (χ1v) is 8.39. The second-order valence-electron chi connectivity index (χ2n) is 5.77. The zero-order chi connectivity index (χ0) is 19.1. The van der Waals surface area contributed by atoms with E-state index in [0.29, 0.717) is 29.4 Å². The summed E-state index contributed by atoms with van der Waals surface area (Å²) in [6, 6.07) is 16.9. The minimum absolute atomic E-state index is 0.327. The predicted octanol–water partition coefficient (Wildman–Crippen LogP) is 3.94. The number of aryl methyl sites for hydroxylation is 1. The van der Waals surface area contributed by atoms with Gasteiger partial charge in [0, 0.05) is 0 Å². The number of hydrogen-bond acceptors (Lipinski definition) is 5. The molecule has 138 valence electrons. The van der Waals surface area contributed by atoms with Crippen LogP contribution in [0.4, 0.5) is 0 Å². The molecule has 0 aliphatic heterocycles. The highest BCUT2D eigenvalue weighted by molar-refractivity contribution is 5.95. The topological polar surface area (TPSA) is 73.1 Å². The first-order valence-electron chi connectivity index (χ1n) is 8.39. The van der Waals surface area contributed by atoms with E-state index in [2.05, 4.69) is 10.5 Å². The van der Waals surface area contributed by atoms with Crippen molar-refractivity contribution in [2.45, 2.75) is 13.5 Å². The van der Waals surface area contributed by atoms with E-state index in [4.69, 9.17) is 13.9 Å². The number of ether oxygens (including phenoxy) is 2. The van der Waals surface area contributed by atoms with Crippen molar-refractivity contribution in [2.75, 3.05) is 7.11 Å². The molecule has 2 aromatic carbocycles. The number of methoxy groups -OCH3 is 1. The molecule has 0 fully saturated rings. The van der Waals surface area contributed by atoms with Crippen molar-refractivity contribution >= 4 is 12.1 Å². The third kappa shape index (κ3) is 4.76. The lowest BCUT2D eigenvalue weighted by Crippen LogP contribution is -2.17. The van der Waals surface area contributed by atoms with Crippen LogP contribution in [-0.2, 0) is 6.61 Å². The number of carbonyl (C=O) groups is 1. The van der Waals surface area contributed by atoms with E-state index in [-0.39, 0.29) is 5.91 Å². The van der Waals surface area contributed by atoms with Crippen LogP contribution in [0.3, 0.4) is 0 Å². The molecule has 0 atom stereocenters. The summed E-state index contributed by atoms with van der Waals surface area (Å²) in [7, 11) is 1.59. The molecular weight excluding hydrogens is 344 g/mol. The average molecular weight is 364 g/mol. The zero-order valence-electron chi connectivity index (χ0n) is 15.1. The quantitative estimate of drug-likeness (QED) is 0.509. The normalized spacial score (nSPS) is 10.7. The highest BCUT2D eigenvalue weighted by Crippen LogP contribution is 2.28. The van der Waals surface area contributed by atoms with Crippen LogP contribution in [0, 0.1) is 6.92 Å². The minimum Gasteiger partial charge on any atom is -0.493 e. The highest BCUT2D eigenvalue weighted by atomic mass is 16.5. The summed E-state index contributed by atoms with van der Waals surface area (Å²) in [5.41, 5.74) is 4.75. The standard InChI is InChI=1S/C21H20N2O4/c1-15-18(10-11-26-15)21(24)23-22-13-17-8-9-19(25-2)20(12-17)27-14-16-6-4-3-5-7-16/h3-13H,14H2,1-2H3,(H,23,24)/b22-13-. The molecule has 0 spiro atoms. The number of amides is 1. The molecule has 0 aliphatic rings. The molecule has 6 heteroatoms. The molecule has 1 N–H and O–H groups in total. The Balaban J connectivity index is 1.67. The van der Waals surface area contributed by atoms with Crippen LogP contribution in [0.15, 0.2) is 70.4 Å². The molecule has 1 aromatic heterocycles. The number of benzene rings is 2. The van der Waals surface area contributed by atoms with Crippen LogP contribution in [-0.4, -0.2) is 19.2 Å². The Morgan fingerprint density at radius 1 is 1.15 bits per heavy atom. The smallest absolute Gasteiger partial charge is 0.274 e. The van der Waals surface area contributed by atoms with E-state index < -0.39 is 0 Å². The van der Waals surface area contributed by atoms with Crippen LogP contribution >= 0.6 is 0 Å². The lowest BCUT2D eigenvalue weighted by molar-refractivity contribution is 0.0953. The Hall–Kier alpha value is -3.54. The molecule has 0 saturated heterocycles. The molecule has 27 heavy (non-hydrogen) atoms. The molecule has 0 bridgehead atoms. The summed E-state index contributed by atoms with van der Waals surface area (Å²) in [6.07, 6.45) is 3.01. The van der Waals surface area contributed by atoms with Crippen molar-refractivity contribution in [3.05, 3.63) is 83.3 Å². The van der Waals surface area contributed by atoms with Gasteiger partial charge in [0.2, 0.25) is 0 Å². The fourth-order valence-corrected chi connectivity index (χ4v) is 2.47. The summed E-state index contributed by atoms with van der Waals surface area (Å²) in [5, 5.41) is 3.99.